The van der Waals surface area contributed by atoms with Gasteiger partial charge in [-0.1, -0.05) is 13.3 Å². The summed E-state index contributed by atoms with van der Waals surface area (Å²) in [7, 11) is 0. The highest BCUT2D eigenvalue weighted by atomic mass is 16.6. The van der Waals surface area contributed by atoms with Gasteiger partial charge in [0, 0.05) is 13.1 Å². The van der Waals surface area contributed by atoms with Crippen LogP contribution in [0, 0.1) is 17.3 Å². The molecule has 4 heteroatoms. The van der Waals surface area contributed by atoms with Gasteiger partial charge in [-0.05, 0) is 70.3 Å². The summed E-state index contributed by atoms with van der Waals surface area (Å²) in [6.07, 6.45) is 5.81. The normalized spacial score (nSPS) is 32.9. The van der Waals surface area contributed by atoms with Crippen molar-refractivity contribution in [2.24, 2.45) is 23.0 Å². The monoisotopic (exact) mass is 296 g/mol. The maximum Gasteiger partial charge on any atom is 0.410 e. The number of carbonyl (C=O) groups is 1. The van der Waals surface area contributed by atoms with Crippen LogP contribution >= 0.6 is 0 Å². The molecule has 2 aliphatic rings. The van der Waals surface area contributed by atoms with E-state index in [1.54, 1.807) is 0 Å². The van der Waals surface area contributed by atoms with Crippen LogP contribution in [0.3, 0.4) is 0 Å². The Bertz CT molecular complexity index is 377. The molecule has 0 bridgehead atoms. The predicted molar refractivity (Wildman–Crippen MR) is 85.0 cm³/mol. The van der Waals surface area contributed by atoms with Gasteiger partial charge in [0.1, 0.15) is 5.60 Å². The lowest BCUT2D eigenvalue weighted by Gasteiger charge is -2.34. The Hall–Kier alpha value is -0.770. The van der Waals surface area contributed by atoms with Gasteiger partial charge in [0.05, 0.1) is 0 Å². The van der Waals surface area contributed by atoms with Crippen LogP contribution in [0.2, 0.25) is 0 Å². The van der Waals surface area contributed by atoms with Gasteiger partial charge in [-0.2, -0.15) is 0 Å². The number of hydrogen-bond donors (Lipinski definition) is 1. The number of amides is 1. The van der Waals surface area contributed by atoms with Gasteiger partial charge in [0.15, 0.2) is 0 Å². The zero-order valence-electron chi connectivity index (χ0n) is 14.2. The molecule has 0 aromatic carbocycles. The molecule has 0 aromatic rings. The zero-order chi connectivity index (χ0) is 15.7. The molecule has 1 aliphatic carbocycles. The summed E-state index contributed by atoms with van der Waals surface area (Å²) < 4.78 is 5.56. The van der Waals surface area contributed by atoms with E-state index in [0.29, 0.717) is 17.9 Å². The fourth-order valence-electron chi connectivity index (χ4n) is 3.94. The molecule has 0 spiro atoms. The van der Waals surface area contributed by atoms with Crippen molar-refractivity contribution in [3.05, 3.63) is 0 Å². The molecule has 3 unspecified atom stereocenters. The largest absolute Gasteiger partial charge is 0.444 e. The van der Waals surface area contributed by atoms with E-state index in [1.807, 2.05) is 25.7 Å². The van der Waals surface area contributed by atoms with Crippen molar-refractivity contribution >= 4 is 6.09 Å². The van der Waals surface area contributed by atoms with E-state index in [0.717, 1.165) is 31.8 Å². The number of ether oxygens (including phenoxy) is 1. The minimum Gasteiger partial charge on any atom is -0.444 e. The molecule has 1 saturated carbocycles. The van der Waals surface area contributed by atoms with Gasteiger partial charge >= 0.3 is 6.09 Å². The van der Waals surface area contributed by atoms with Gasteiger partial charge in [0.2, 0.25) is 0 Å². The van der Waals surface area contributed by atoms with Gasteiger partial charge in [0.25, 0.3) is 0 Å². The highest BCUT2D eigenvalue weighted by Crippen LogP contribution is 2.61. The fraction of sp³-hybridized carbons (Fsp3) is 0.941. The Morgan fingerprint density at radius 2 is 2.10 bits per heavy atom. The van der Waals surface area contributed by atoms with Crippen molar-refractivity contribution in [2.75, 3.05) is 19.6 Å². The van der Waals surface area contributed by atoms with Crippen molar-refractivity contribution in [1.82, 2.24) is 4.90 Å². The van der Waals surface area contributed by atoms with Crippen molar-refractivity contribution in [1.29, 1.82) is 0 Å². The maximum absolute atomic E-state index is 12.4. The highest BCUT2D eigenvalue weighted by Gasteiger charge is 2.53. The quantitative estimate of drug-likeness (QED) is 0.868. The Labute approximate surface area is 129 Å². The molecule has 1 aliphatic heterocycles. The third kappa shape index (κ3) is 4.12. The molecular formula is C17H32N2O2. The first-order chi connectivity index (χ1) is 9.79. The number of hydrogen-bond acceptors (Lipinski definition) is 3. The molecule has 2 N–H and O–H groups in total. The first-order valence-electron chi connectivity index (χ1n) is 8.47. The van der Waals surface area contributed by atoms with E-state index < -0.39 is 5.60 Å². The fourth-order valence-corrected chi connectivity index (χ4v) is 3.94. The average molecular weight is 296 g/mol. The third-order valence-corrected chi connectivity index (χ3v) is 5.21. The van der Waals surface area contributed by atoms with Crippen molar-refractivity contribution in [3.8, 4) is 0 Å². The topological polar surface area (TPSA) is 55.6 Å². The summed E-state index contributed by atoms with van der Waals surface area (Å²) in [5.74, 6) is 1.32. The van der Waals surface area contributed by atoms with Crippen LogP contribution in [0.1, 0.15) is 59.8 Å². The third-order valence-electron chi connectivity index (χ3n) is 5.21. The molecule has 2 rings (SSSR count). The second-order valence-electron chi connectivity index (χ2n) is 7.98. The molecule has 3 atom stereocenters. The maximum atomic E-state index is 12.4. The minimum atomic E-state index is -0.421. The standard InChI is InChI=1S/C17H32N2O2/c1-5-17-10-13(6-8-18)12-19(9-7-14(17)11-17)15(20)21-16(2,3)4/h13-14H,5-12,18H2,1-4H3. The number of rotatable bonds is 3. The molecule has 1 heterocycles. The molecule has 2 fully saturated rings. The predicted octanol–water partition coefficient (Wildman–Crippen LogP) is 3.40. The van der Waals surface area contributed by atoms with Crippen LogP contribution in [-0.4, -0.2) is 36.2 Å². The molecular weight excluding hydrogens is 264 g/mol. The number of carbonyl (C=O) groups excluding carboxylic acids is 1. The molecule has 0 radical (unpaired) electrons. The Balaban J connectivity index is 2.02. The second-order valence-corrected chi connectivity index (χ2v) is 7.98. The van der Waals surface area contributed by atoms with E-state index in [9.17, 15) is 4.79 Å². The molecule has 21 heavy (non-hydrogen) atoms. The lowest BCUT2D eigenvalue weighted by molar-refractivity contribution is 0.0181. The molecule has 122 valence electrons. The number of nitrogens with zero attached hydrogens (tertiary/aromatic N) is 1. The summed E-state index contributed by atoms with van der Waals surface area (Å²) in [5.41, 5.74) is 5.92. The molecule has 0 aromatic heterocycles. The lowest BCUT2D eigenvalue weighted by atomic mass is 9.84. The van der Waals surface area contributed by atoms with E-state index >= 15 is 0 Å². The SMILES string of the molecule is CCC12CC(CCN)CN(C(=O)OC(C)(C)C)CCC1C2. The summed E-state index contributed by atoms with van der Waals surface area (Å²) >= 11 is 0. The Morgan fingerprint density at radius 1 is 1.38 bits per heavy atom. The van der Waals surface area contributed by atoms with E-state index in [1.165, 1.54) is 19.3 Å². The lowest BCUT2D eigenvalue weighted by Crippen LogP contribution is -2.42. The van der Waals surface area contributed by atoms with Crippen molar-refractivity contribution in [3.63, 3.8) is 0 Å². The number of likely N-dealkylation sites (tertiary alicyclic amines) is 1. The number of fused-ring (bicyclic) bond motifs is 1. The molecule has 1 saturated heterocycles. The van der Waals surface area contributed by atoms with Crippen LogP contribution in [0.5, 0.6) is 0 Å². The molecule has 4 nitrogen and oxygen atoms in total. The smallest absolute Gasteiger partial charge is 0.410 e. The van der Waals surface area contributed by atoms with Gasteiger partial charge in [-0.15, -0.1) is 0 Å². The average Bonchev–Trinajstić information content (AvgIpc) is 3.02. The number of nitrogens with two attached hydrogens (primary N) is 1. The highest BCUT2D eigenvalue weighted by molar-refractivity contribution is 5.68. The first kappa shape index (κ1) is 16.6. The van der Waals surface area contributed by atoms with E-state index in [4.69, 9.17) is 10.5 Å². The Morgan fingerprint density at radius 3 is 2.67 bits per heavy atom. The van der Waals surface area contributed by atoms with Gasteiger partial charge < -0.3 is 15.4 Å². The Kier molecular flexibility index (Phi) is 4.86. The van der Waals surface area contributed by atoms with Crippen LogP contribution in [0.25, 0.3) is 0 Å². The van der Waals surface area contributed by atoms with Crippen LogP contribution in [0.15, 0.2) is 0 Å². The molecule has 1 amide bonds. The summed E-state index contributed by atoms with van der Waals surface area (Å²) in [6, 6.07) is 0. The van der Waals surface area contributed by atoms with Crippen LogP contribution in [-0.2, 0) is 4.74 Å². The summed E-state index contributed by atoms with van der Waals surface area (Å²) in [4.78, 5) is 14.3. The van der Waals surface area contributed by atoms with Crippen molar-refractivity contribution < 1.29 is 9.53 Å². The summed E-state index contributed by atoms with van der Waals surface area (Å²) in [5, 5.41) is 0. The van der Waals surface area contributed by atoms with Crippen molar-refractivity contribution in [2.45, 2.75) is 65.4 Å². The second kappa shape index (κ2) is 6.15. The minimum absolute atomic E-state index is 0.158. The van der Waals surface area contributed by atoms with Crippen LogP contribution in [0.4, 0.5) is 4.79 Å². The van der Waals surface area contributed by atoms with E-state index in [2.05, 4.69) is 6.92 Å². The van der Waals surface area contributed by atoms with E-state index in [-0.39, 0.29) is 6.09 Å². The van der Waals surface area contributed by atoms with Gasteiger partial charge in [-0.3, -0.25) is 0 Å². The zero-order valence-corrected chi connectivity index (χ0v) is 14.2. The van der Waals surface area contributed by atoms with Crippen LogP contribution < -0.4 is 5.73 Å². The first-order valence-corrected chi connectivity index (χ1v) is 8.47. The summed E-state index contributed by atoms with van der Waals surface area (Å²) in [6.45, 7) is 10.4. The van der Waals surface area contributed by atoms with Gasteiger partial charge in [-0.25, -0.2) is 4.79 Å².